The van der Waals surface area contributed by atoms with E-state index in [1.807, 2.05) is 61.6 Å². The average Bonchev–Trinajstić information content (AvgIpc) is 2.60. The summed E-state index contributed by atoms with van der Waals surface area (Å²) in [7, 11) is 2.00. The van der Waals surface area contributed by atoms with E-state index in [9.17, 15) is 9.90 Å². The Morgan fingerprint density at radius 3 is 2.54 bits per heavy atom. The molecular formula is C19H25N3O2. The number of nitrogens with one attached hydrogen (secondary N) is 2. The van der Waals surface area contributed by atoms with Crippen molar-refractivity contribution < 1.29 is 9.90 Å². The van der Waals surface area contributed by atoms with Crippen molar-refractivity contribution in [3.63, 3.8) is 0 Å². The molecule has 5 nitrogen and oxygen atoms in total. The molecule has 128 valence electrons. The zero-order chi connectivity index (χ0) is 17.6. The van der Waals surface area contributed by atoms with Crippen LogP contribution >= 0.6 is 0 Å². The van der Waals surface area contributed by atoms with Crippen LogP contribution in [0.2, 0.25) is 0 Å². The second-order valence-electron chi connectivity index (χ2n) is 6.01. The molecule has 0 heterocycles. The van der Waals surface area contributed by atoms with Gasteiger partial charge in [0.15, 0.2) is 0 Å². The first-order valence-electron chi connectivity index (χ1n) is 8.06. The summed E-state index contributed by atoms with van der Waals surface area (Å²) in [6.07, 6.45) is 0. The van der Waals surface area contributed by atoms with Crippen molar-refractivity contribution in [1.82, 2.24) is 5.32 Å². The zero-order valence-corrected chi connectivity index (χ0v) is 14.4. The molecule has 0 aliphatic heterocycles. The molecule has 3 N–H and O–H groups in total. The van der Waals surface area contributed by atoms with Crippen molar-refractivity contribution in [1.29, 1.82) is 0 Å². The maximum atomic E-state index is 12.1. The summed E-state index contributed by atoms with van der Waals surface area (Å²) in [4.78, 5) is 14.2. The number of rotatable bonds is 6. The summed E-state index contributed by atoms with van der Waals surface area (Å²) in [5, 5.41) is 16.0. The van der Waals surface area contributed by atoms with Crippen LogP contribution in [0, 0.1) is 0 Å². The summed E-state index contributed by atoms with van der Waals surface area (Å²) >= 11 is 0. The number of hydrogen-bond acceptors (Lipinski definition) is 3. The van der Waals surface area contributed by atoms with Crippen molar-refractivity contribution in [3.05, 3.63) is 60.2 Å². The molecule has 0 spiro atoms. The number of urea groups is 1. The Morgan fingerprint density at radius 2 is 1.88 bits per heavy atom. The number of anilines is 2. The van der Waals surface area contributed by atoms with Crippen LogP contribution in [0.25, 0.3) is 0 Å². The quantitative estimate of drug-likeness (QED) is 0.763. The molecule has 5 heteroatoms. The van der Waals surface area contributed by atoms with Crippen LogP contribution in [-0.4, -0.2) is 31.3 Å². The van der Waals surface area contributed by atoms with Gasteiger partial charge in [0.2, 0.25) is 0 Å². The topological polar surface area (TPSA) is 64.6 Å². The van der Waals surface area contributed by atoms with Gasteiger partial charge >= 0.3 is 6.03 Å². The van der Waals surface area contributed by atoms with Crippen molar-refractivity contribution >= 4 is 17.4 Å². The predicted octanol–water partition coefficient (Wildman–Crippen LogP) is 3.17. The molecule has 0 aliphatic rings. The summed E-state index contributed by atoms with van der Waals surface area (Å²) in [5.41, 5.74) is 1.39. The van der Waals surface area contributed by atoms with Crippen LogP contribution in [0.3, 0.4) is 0 Å². The van der Waals surface area contributed by atoms with E-state index < -0.39 is 5.60 Å². The molecule has 2 aromatic carbocycles. The van der Waals surface area contributed by atoms with E-state index in [1.54, 1.807) is 6.92 Å². The number of aliphatic hydroxyl groups is 1. The fourth-order valence-electron chi connectivity index (χ4n) is 2.33. The molecule has 0 saturated heterocycles. The molecule has 0 aliphatic carbocycles. The van der Waals surface area contributed by atoms with Gasteiger partial charge in [-0.15, -0.1) is 0 Å². The molecule has 0 saturated carbocycles. The van der Waals surface area contributed by atoms with E-state index in [2.05, 4.69) is 22.5 Å². The fraction of sp³-hybridized carbons (Fsp3) is 0.316. The molecule has 1 atom stereocenters. The number of benzene rings is 2. The molecule has 2 rings (SSSR count). The smallest absolute Gasteiger partial charge is 0.319 e. The van der Waals surface area contributed by atoms with E-state index in [4.69, 9.17) is 0 Å². The van der Waals surface area contributed by atoms with Gasteiger partial charge in [-0.3, -0.25) is 0 Å². The van der Waals surface area contributed by atoms with Crippen LogP contribution < -0.4 is 15.5 Å². The molecular weight excluding hydrogens is 302 g/mol. The number of hydrogen-bond donors (Lipinski definition) is 3. The highest BCUT2D eigenvalue weighted by molar-refractivity contribution is 5.89. The summed E-state index contributed by atoms with van der Waals surface area (Å²) in [6, 6.07) is 16.6. The Labute approximate surface area is 143 Å². The van der Waals surface area contributed by atoms with Crippen molar-refractivity contribution in [3.8, 4) is 0 Å². The molecule has 24 heavy (non-hydrogen) atoms. The van der Waals surface area contributed by atoms with E-state index >= 15 is 0 Å². The van der Waals surface area contributed by atoms with E-state index in [0.29, 0.717) is 5.69 Å². The van der Waals surface area contributed by atoms with Crippen molar-refractivity contribution in [2.45, 2.75) is 19.4 Å². The third kappa shape index (κ3) is 4.73. The largest absolute Gasteiger partial charge is 0.384 e. The first-order valence-corrected chi connectivity index (χ1v) is 8.06. The van der Waals surface area contributed by atoms with Crippen molar-refractivity contribution in [2.75, 3.05) is 30.4 Å². The second kappa shape index (κ2) is 7.84. The van der Waals surface area contributed by atoms with Gasteiger partial charge in [-0.05, 0) is 37.6 Å². The van der Waals surface area contributed by atoms with Gasteiger partial charge in [-0.1, -0.05) is 36.4 Å². The van der Waals surface area contributed by atoms with Gasteiger partial charge in [-0.25, -0.2) is 4.79 Å². The van der Waals surface area contributed by atoms with Crippen LogP contribution in [0.1, 0.15) is 19.4 Å². The average molecular weight is 327 g/mol. The lowest BCUT2D eigenvalue weighted by atomic mass is 9.96. The molecule has 0 radical (unpaired) electrons. The highest BCUT2D eigenvalue weighted by Crippen LogP contribution is 2.20. The molecule has 1 unspecified atom stereocenters. The van der Waals surface area contributed by atoms with Gasteiger partial charge in [0.05, 0.1) is 6.54 Å². The monoisotopic (exact) mass is 327 g/mol. The lowest BCUT2D eigenvalue weighted by Gasteiger charge is -2.24. The number of amides is 2. The summed E-state index contributed by atoms with van der Waals surface area (Å²) in [5.74, 6) is 0. The van der Waals surface area contributed by atoms with Gasteiger partial charge < -0.3 is 20.6 Å². The first kappa shape index (κ1) is 17.8. The molecule has 0 aromatic heterocycles. The van der Waals surface area contributed by atoms with Gasteiger partial charge in [0.25, 0.3) is 0 Å². The van der Waals surface area contributed by atoms with Gasteiger partial charge in [-0.2, -0.15) is 0 Å². The minimum atomic E-state index is -1.12. The number of carbonyl (C=O) groups excluding carboxylic acids is 1. The highest BCUT2D eigenvalue weighted by Gasteiger charge is 2.23. The van der Waals surface area contributed by atoms with Gasteiger partial charge in [0, 0.05) is 25.0 Å². The van der Waals surface area contributed by atoms with Crippen LogP contribution in [0.15, 0.2) is 54.6 Å². The molecule has 2 aromatic rings. The van der Waals surface area contributed by atoms with Crippen molar-refractivity contribution in [2.24, 2.45) is 0 Å². The van der Waals surface area contributed by atoms with E-state index in [-0.39, 0.29) is 12.6 Å². The third-order valence-electron chi connectivity index (χ3n) is 4.01. The minimum absolute atomic E-state index is 0.122. The SMILES string of the molecule is CCN(C)c1cccc(NC(=O)NCC(C)(O)c2ccccc2)c1. The molecule has 0 fully saturated rings. The molecule has 0 bridgehead atoms. The third-order valence-corrected chi connectivity index (χ3v) is 4.01. The first-order chi connectivity index (χ1) is 11.4. The predicted molar refractivity (Wildman–Crippen MR) is 98.4 cm³/mol. The fourth-order valence-corrected chi connectivity index (χ4v) is 2.33. The summed E-state index contributed by atoms with van der Waals surface area (Å²) in [6.45, 7) is 4.75. The zero-order valence-electron chi connectivity index (χ0n) is 14.4. The standard InChI is InChI=1S/C19H25N3O2/c1-4-22(3)17-12-8-11-16(13-17)21-18(23)20-14-19(2,24)15-9-6-5-7-10-15/h5-13,24H,4,14H2,1-3H3,(H2,20,21,23). The Kier molecular flexibility index (Phi) is 5.82. The number of nitrogens with zero attached hydrogens (tertiary/aromatic N) is 1. The Hall–Kier alpha value is -2.53. The van der Waals surface area contributed by atoms with E-state index in [1.165, 1.54) is 0 Å². The minimum Gasteiger partial charge on any atom is -0.384 e. The molecule has 2 amide bonds. The summed E-state index contributed by atoms with van der Waals surface area (Å²) < 4.78 is 0. The second-order valence-corrected chi connectivity index (χ2v) is 6.01. The Bertz CT molecular complexity index is 671. The normalized spacial score (nSPS) is 13.0. The maximum Gasteiger partial charge on any atom is 0.319 e. The Morgan fingerprint density at radius 1 is 1.17 bits per heavy atom. The highest BCUT2D eigenvalue weighted by atomic mass is 16.3. The van der Waals surface area contributed by atoms with Gasteiger partial charge in [0.1, 0.15) is 5.60 Å². The van der Waals surface area contributed by atoms with E-state index in [0.717, 1.165) is 17.8 Å². The van der Waals surface area contributed by atoms with Crippen LogP contribution in [0.4, 0.5) is 16.2 Å². The maximum absolute atomic E-state index is 12.1. The van der Waals surface area contributed by atoms with Crippen LogP contribution in [0.5, 0.6) is 0 Å². The lowest BCUT2D eigenvalue weighted by Crippen LogP contribution is -2.40. The Balaban J connectivity index is 1.94. The number of carbonyl (C=O) groups is 1. The lowest BCUT2D eigenvalue weighted by molar-refractivity contribution is 0.0599. The van der Waals surface area contributed by atoms with Crippen LogP contribution in [-0.2, 0) is 5.60 Å².